The van der Waals surface area contributed by atoms with E-state index in [1.807, 2.05) is 28.8 Å². The molecule has 0 aliphatic carbocycles. The van der Waals surface area contributed by atoms with E-state index < -0.39 is 0 Å². The molecule has 0 aliphatic heterocycles. The number of hydrogen-bond donors (Lipinski definition) is 1. The molecular weight excluding hydrogens is 296 g/mol. The molecule has 1 heterocycles. The Labute approximate surface area is 114 Å². The van der Waals surface area contributed by atoms with Gasteiger partial charge >= 0.3 is 0 Å². The van der Waals surface area contributed by atoms with Crippen LogP contribution in [0.4, 0.5) is 0 Å². The average Bonchev–Trinajstić information content (AvgIpc) is 2.80. The number of rotatable bonds is 5. The molecule has 0 amide bonds. The fourth-order valence-corrected chi connectivity index (χ4v) is 1.98. The molecule has 96 valence electrons. The lowest BCUT2D eigenvalue weighted by Gasteiger charge is -2.08. The molecule has 18 heavy (non-hydrogen) atoms. The lowest BCUT2D eigenvalue weighted by atomic mass is 10.2. The van der Waals surface area contributed by atoms with Crippen LogP contribution in [0.1, 0.15) is 5.82 Å². The van der Waals surface area contributed by atoms with Crippen LogP contribution in [-0.4, -0.2) is 28.5 Å². The van der Waals surface area contributed by atoms with Gasteiger partial charge in [-0.15, -0.1) is 10.2 Å². The third kappa shape index (κ3) is 2.77. The maximum Gasteiger partial charge on any atom is 0.164 e. The van der Waals surface area contributed by atoms with Gasteiger partial charge in [0.05, 0.1) is 13.2 Å². The Bertz CT molecular complexity index is 509. The highest BCUT2D eigenvalue weighted by Gasteiger charge is 2.12. The van der Waals surface area contributed by atoms with Gasteiger partial charge in [-0.2, -0.15) is 0 Å². The number of benzene rings is 1. The summed E-state index contributed by atoms with van der Waals surface area (Å²) in [7, 11) is 1.67. The van der Waals surface area contributed by atoms with Crippen molar-refractivity contribution in [2.75, 3.05) is 13.7 Å². The molecule has 2 N–H and O–H groups in total. The second kappa shape index (κ2) is 6.08. The van der Waals surface area contributed by atoms with Crippen LogP contribution >= 0.6 is 15.9 Å². The van der Waals surface area contributed by atoms with Crippen molar-refractivity contribution in [2.45, 2.75) is 13.1 Å². The SMILES string of the molecule is COCCn1c(CN)nnc1-c1ccc(Br)cc1. The molecule has 0 aliphatic rings. The summed E-state index contributed by atoms with van der Waals surface area (Å²) in [4.78, 5) is 0. The van der Waals surface area contributed by atoms with Crippen LogP contribution in [0.25, 0.3) is 11.4 Å². The van der Waals surface area contributed by atoms with Crippen LogP contribution in [0, 0.1) is 0 Å². The summed E-state index contributed by atoms with van der Waals surface area (Å²) < 4.78 is 8.13. The second-order valence-electron chi connectivity index (χ2n) is 3.80. The Kier molecular flexibility index (Phi) is 4.46. The van der Waals surface area contributed by atoms with Gasteiger partial charge in [0.2, 0.25) is 0 Å². The summed E-state index contributed by atoms with van der Waals surface area (Å²) in [6, 6.07) is 7.95. The van der Waals surface area contributed by atoms with Crippen LogP contribution in [0.15, 0.2) is 28.7 Å². The van der Waals surface area contributed by atoms with Gasteiger partial charge in [-0.3, -0.25) is 0 Å². The Morgan fingerprint density at radius 3 is 2.61 bits per heavy atom. The highest BCUT2D eigenvalue weighted by atomic mass is 79.9. The molecule has 0 saturated carbocycles. The van der Waals surface area contributed by atoms with E-state index in [1.54, 1.807) is 7.11 Å². The molecule has 1 aromatic heterocycles. The van der Waals surface area contributed by atoms with Crippen LogP contribution in [0.2, 0.25) is 0 Å². The molecule has 0 bridgehead atoms. The maximum absolute atomic E-state index is 5.67. The fourth-order valence-electron chi connectivity index (χ4n) is 1.72. The van der Waals surface area contributed by atoms with E-state index in [0.717, 1.165) is 21.7 Å². The van der Waals surface area contributed by atoms with Gasteiger partial charge in [0.25, 0.3) is 0 Å². The summed E-state index contributed by atoms with van der Waals surface area (Å²) in [5.41, 5.74) is 6.68. The number of methoxy groups -OCH3 is 1. The smallest absolute Gasteiger partial charge is 0.164 e. The number of halogens is 1. The fraction of sp³-hybridized carbons (Fsp3) is 0.333. The molecule has 0 fully saturated rings. The van der Waals surface area contributed by atoms with Gasteiger partial charge in [-0.1, -0.05) is 28.1 Å². The Morgan fingerprint density at radius 1 is 1.28 bits per heavy atom. The Hall–Kier alpha value is -1.24. The average molecular weight is 311 g/mol. The summed E-state index contributed by atoms with van der Waals surface area (Å²) in [5.74, 6) is 1.59. The van der Waals surface area contributed by atoms with E-state index in [4.69, 9.17) is 10.5 Å². The van der Waals surface area contributed by atoms with Crippen molar-refractivity contribution in [3.8, 4) is 11.4 Å². The van der Waals surface area contributed by atoms with E-state index in [9.17, 15) is 0 Å². The number of nitrogens with two attached hydrogens (primary N) is 1. The first-order valence-electron chi connectivity index (χ1n) is 5.63. The van der Waals surface area contributed by atoms with Gasteiger partial charge in [0.1, 0.15) is 5.82 Å². The molecule has 2 rings (SSSR count). The lowest BCUT2D eigenvalue weighted by molar-refractivity contribution is 0.186. The first-order valence-corrected chi connectivity index (χ1v) is 6.42. The number of hydrogen-bond acceptors (Lipinski definition) is 4. The van der Waals surface area contributed by atoms with Gasteiger partial charge in [-0.25, -0.2) is 0 Å². The van der Waals surface area contributed by atoms with Crippen LogP contribution in [-0.2, 0) is 17.8 Å². The highest BCUT2D eigenvalue weighted by Crippen LogP contribution is 2.20. The number of ether oxygens (including phenoxy) is 1. The van der Waals surface area contributed by atoms with Crippen molar-refractivity contribution in [2.24, 2.45) is 5.73 Å². The molecule has 5 nitrogen and oxygen atoms in total. The molecule has 0 spiro atoms. The molecule has 0 radical (unpaired) electrons. The normalized spacial score (nSPS) is 10.8. The summed E-state index contributed by atoms with van der Waals surface area (Å²) >= 11 is 3.41. The van der Waals surface area contributed by atoms with Crippen molar-refractivity contribution in [1.29, 1.82) is 0 Å². The number of nitrogens with zero attached hydrogens (tertiary/aromatic N) is 3. The third-order valence-electron chi connectivity index (χ3n) is 2.63. The van der Waals surface area contributed by atoms with Crippen LogP contribution in [0.5, 0.6) is 0 Å². The molecular formula is C12H15BrN4O. The summed E-state index contributed by atoms with van der Waals surface area (Å²) in [6.07, 6.45) is 0. The Balaban J connectivity index is 2.37. The maximum atomic E-state index is 5.67. The second-order valence-corrected chi connectivity index (χ2v) is 4.71. The van der Waals surface area contributed by atoms with E-state index >= 15 is 0 Å². The summed E-state index contributed by atoms with van der Waals surface area (Å²) in [6.45, 7) is 1.67. The predicted molar refractivity (Wildman–Crippen MR) is 72.9 cm³/mol. The van der Waals surface area contributed by atoms with Crippen LogP contribution < -0.4 is 5.73 Å². The standard InChI is InChI=1S/C12H15BrN4O/c1-18-7-6-17-11(8-14)15-16-12(17)9-2-4-10(13)5-3-9/h2-5H,6-8,14H2,1H3. The quantitative estimate of drug-likeness (QED) is 0.914. The number of aromatic nitrogens is 3. The van der Waals surface area contributed by atoms with Crippen molar-refractivity contribution in [3.05, 3.63) is 34.6 Å². The molecule has 0 unspecified atom stereocenters. The van der Waals surface area contributed by atoms with E-state index in [0.29, 0.717) is 19.7 Å². The monoisotopic (exact) mass is 310 g/mol. The Morgan fingerprint density at radius 2 is 2.00 bits per heavy atom. The van der Waals surface area contributed by atoms with Crippen molar-refractivity contribution in [1.82, 2.24) is 14.8 Å². The zero-order valence-electron chi connectivity index (χ0n) is 10.1. The summed E-state index contributed by atoms with van der Waals surface area (Å²) in [5, 5.41) is 8.31. The highest BCUT2D eigenvalue weighted by molar-refractivity contribution is 9.10. The van der Waals surface area contributed by atoms with Gasteiger partial charge in [-0.05, 0) is 12.1 Å². The molecule has 1 aromatic carbocycles. The van der Waals surface area contributed by atoms with Crippen LogP contribution in [0.3, 0.4) is 0 Å². The predicted octanol–water partition coefficient (Wildman–Crippen LogP) is 1.81. The largest absolute Gasteiger partial charge is 0.383 e. The van der Waals surface area contributed by atoms with E-state index in [2.05, 4.69) is 26.1 Å². The molecule has 6 heteroatoms. The third-order valence-corrected chi connectivity index (χ3v) is 3.16. The first-order chi connectivity index (χ1) is 8.76. The van der Waals surface area contributed by atoms with Crippen molar-refractivity contribution in [3.63, 3.8) is 0 Å². The zero-order valence-corrected chi connectivity index (χ0v) is 11.7. The van der Waals surface area contributed by atoms with Crippen molar-refractivity contribution < 1.29 is 4.74 Å². The zero-order chi connectivity index (χ0) is 13.0. The molecule has 0 atom stereocenters. The minimum atomic E-state index is 0.368. The van der Waals surface area contributed by atoms with E-state index in [-0.39, 0.29) is 0 Å². The molecule has 2 aromatic rings. The van der Waals surface area contributed by atoms with E-state index in [1.165, 1.54) is 0 Å². The lowest BCUT2D eigenvalue weighted by Crippen LogP contribution is -2.12. The van der Waals surface area contributed by atoms with Gasteiger partial charge in [0, 0.05) is 23.7 Å². The minimum absolute atomic E-state index is 0.368. The van der Waals surface area contributed by atoms with Gasteiger partial charge in [0.15, 0.2) is 5.82 Å². The van der Waals surface area contributed by atoms with Gasteiger partial charge < -0.3 is 15.0 Å². The topological polar surface area (TPSA) is 66.0 Å². The first kappa shape index (κ1) is 13.2. The minimum Gasteiger partial charge on any atom is -0.383 e. The van der Waals surface area contributed by atoms with Crippen molar-refractivity contribution >= 4 is 15.9 Å². The molecule has 0 saturated heterocycles.